The lowest BCUT2D eigenvalue weighted by atomic mass is 9.85. The molecule has 0 aromatic heterocycles. The number of rotatable bonds is 3. The van der Waals surface area contributed by atoms with E-state index in [4.69, 9.17) is 0 Å². The zero-order valence-corrected chi connectivity index (χ0v) is 11.6. The van der Waals surface area contributed by atoms with E-state index in [0.717, 1.165) is 22.3 Å². The van der Waals surface area contributed by atoms with Crippen LogP contribution in [0.5, 0.6) is 0 Å². The number of carboxylic acid groups (broad SMARTS) is 1. The Labute approximate surface area is 104 Å². The van der Waals surface area contributed by atoms with Crippen LogP contribution in [0.4, 0.5) is 0 Å². The SMILES string of the molecule is Cc1c(C(C)C)cc(C(C)C)c(C)c1C(=O)O. The van der Waals surface area contributed by atoms with Crippen LogP contribution in [0.3, 0.4) is 0 Å². The Morgan fingerprint density at radius 3 is 1.59 bits per heavy atom. The van der Waals surface area contributed by atoms with Gasteiger partial charge in [-0.15, -0.1) is 0 Å². The van der Waals surface area contributed by atoms with E-state index in [2.05, 4.69) is 33.8 Å². The summed E-state index contributed by atoms with van der Waals surface area (Å²) in [5.41, 5.74) is 4.61. The lowest BCUT2D eigenvalue weighted by molar-refractivity contribution is 0.0695. The van der Waals surface area contributed by atoms with Crippen LogP contribution in [0.2, 0.25) is 0 Å². The van der Waals surface area contributed by atoms with Gasteiger partial charge in [0, 0.05) is 0 Å². The average molecular weight is 234 g/mol. The molecule has 94 valence electrons. The summed E-state index contributed by atoms with van der Waals surface area (Å²) in [4.78, 5) is 11.4. The predicted molar refractivity (Wildman–Crippen MR) is 71.1 cm³/mol. The van der Waals surface area contributed by atoms with Crippen molar-refractivity contribution >= 4 is 5.97 Å². The van der Waals surface area contributed by atoms with Crippen molar-refractivity contribution in [3.63, 3.8) is 0 Å². The molecule has 0 saturated heterocycles. The van der Waals surface area contributed by atoms with Crippen LogP contribution in [-0.4, -0.2) is 11.1 Å². The van der Waals surface area contributed by atoms with Crippen molar-refractivity contribution in [2.45, 2.75) is 53.4 Å². The van der Waals surface area contributed by atoms with Crippen molar-refractivity contribution in [2.75, 3.05) is 0 Å². The molecule has 1 N–H and O–H groups in total. The quantitative estimate of drug-likeness (QED) is 0.849. The molecule has 0 fully saturated rings. The van der Waals surface area contributed by atoms with E-state index in [0.29, 0.717) is 17.4 Å². The summed E-state index contributed by atoms with van der Waals surface area (Å²) in [6, 6.07) is 2.17. The second-order valence-corrected chi connectivity index (χ2v) is 5.29. The fourth-order valence-corrected chi connectivity index (χ4v) is 2.47. The summed E-state index contributed by atoms with van der Waals surface area (Å²) in [6.07, 6.45) is 0. The summed E-state index contributed by atoms with van der Waals surface area (Å²) in [7, 11) is 0. The number of hydrogen-bond acceptors (Lipinski definition) is 1. The normalized spacial score (nSPS) is 11.3. The summed E-state index contributed by atoms with van der Waals surface area (Å²) >= 11 is 0. The molecular weight excluding hydrogens is 212 g/mol. The Morgan fingerprint density at radius 2 is 1.35 bits per heavy atom. The summed E-state index contributed by atoms with van der Waals surface area (Å²) in [5.74, 6) is -0.109. The molecule has 0 heterocycles. The fourth-order valence-electron chi connectivity index (χ4n) is 2.47. The largest absolute Gasteiger partial charge is 0.478 e. The zero-order valence-electron chi connectivity index (χ0n) is 11.6. The van der Waals surface area contributed by atoms with Crippen molar-refractivity contribution in [3.05, 3.63) is 33.9 Å². The van der Waals surface area contributed by atoms with Crippen molar-refractivity contribution < 1.29 is 9.90 Å². The van der Waals surface area contributed by atoms with E-state index in [1.54, 1.807) is 0 Å². The van der Waals surface area contributed by atoms with E-state index < -0.39 is 5.97 Å². The van der Waals surface area contributed by atoms with Gasteiger partial charge in [0.2, 0.25) is 0 Å². The van der Waals surface area contributed by atoms with Crippen molar-refractivity contribution in [1.29, 1.82) is 0 Å². The second-order valence-electron chi connectivity index (χ2n) is 5.29. The molecule has 0 radical (unpaired) electrons. The molecule has 1 aromatic carbocycles. The Bertz CT molecular complexity index is 410. The van der Waals surface area contributed by atoms with E-state index in [1.807, 2.05) is 13.8 Å². The third-order valence-corrected chi connectivity index (χ3v) is 3.38. The molecule has 17 heavy (non-hydrogen) atoms. The van der Waals surface area contributed by atoms with Crippen LogP contribution < -0.4 is 0 Å². The molecule has 0 saturated carbocycles. The maximum absolute atomic E-state index is 11.4. The van der Waals surface area contributed by atoms with E-state index >= 15 is 0 Å². The van der Waals surface area contributed by atoms with Gasteiger partial charge < -0.3 is 5.11 Å². The molecule has 0 aliphatic rings. The minimum atomic E-state index is -0.815. The van der Waals surface area contributed by atoms with Crippen molar-refractivity contribution in [3.8, 4) is 0 Å². The first-order chi connectivity index (χ1) is 7.77. The fraction of sp³-hybridized carbons (Fsp3) is 0.533. The van der Waals surface area contributed by atoms with Crippen LogP contribution in [0.1, 0.15) is 72.1 Å². The first-order valence-corrected chi connectivity index (χ1v) is 6.14. The molecule has 0 amide bonds. The number of carbonyl (C=O) groups is 1. The van der Waals surface area contributed by atoms with E-state index in [9.17, 15) is 9.90 Å². The Kier molecular flexibility index (Phi) is 3.97. The van der Waals surface area contributed by atoms with Crippen molar-refractivity contribution in [1.82, 2.24) is 0 Å². The molecular formula is C15H22O2. The van der Waals surface area contributed by atoms with Gasteiger partial charge in [0.25, 0.3) is 0 Å². The first-order valence-electron chi connectivity index (χ1n) is 6.14. The molecule has 0 aliphatic heterocycles. The molecule has 0 bridgehead atoms. The summed E-state index contributed by atoms with van der Waals surface area (Å²) in [6.45, 7) is 12.2. The van der Waals surface area contributed by atoms with E-state index in [1.165, 1.54) is 0 Å². The van der Waals surface area contributed by atoms with Gasteiger partial charge >= 0.3 is 5.97 Å². The Hall–Kier alpha value is -1.31. The van der Waals surface area contributed by atoms with Gasteiger partial charge in [0.05, 0.1) is 5.56 Å². The molecule has 0 atom stereocenters. The highest BCUT2D eigenvalue weighted by Gasteiger charge is 2.20. The first kappa shape index (κ1) is 13.8. The predicted octanol–water partition coefficient (Wildman–Crippen LogP) is 4.25. The number of aromatic carboxylic acids is 1. The molecule has 1 rings (SSSR count). The van der Waals surface area contributed by atoms with Crippen molar-refractivity contribution in [2.24, 2.45) is 0 Å². The van der Waals surface area contributed by atoms with Crippen LogP contribution in [-0.2, 0) is 0 Å². The van der Waals surface area contributed by atoms with Gasteiger partial charge in [-0.3, -0.25) is 0 Å². The van der Waals surface area contributed by atoms with Crippen LogP contribution >= 0.6 is 0 Å². The Morgan fingerprint density at radius 1 is 1.00 bits per heavy atom. The van der Waals surface area contributed by atoms with Gasteiger partial charge in [-0.25, -0.2) is 4.79 Å². The molecule has 1 aromatic rings. The highest BCUT2D eigenvalue weighted by Crippen LogP contribution is 2.31. The maximum Gasteiger partial charge on any atom is 0.336 e. The molecule has 0 spiro atoms. The van der Waals surface area contributed by atoms with Crippen LogP contribution in [0.15, 0.2) is 6.07 Å². The smallest absolute Gasteiger partial charge is 0.336 e. The second kappa shape index (κ2) is 4.91. The van der Waals surface area contributed by atoms with Crippen LogP contribution in [0.25, 0.3) is 0 Å². The molecule has 2 heteroatoms. The van der Waals surface area contributed by atoms with E-state index in [-0.39, 0.29) is 0 Å². The van der Waals surface area contributed by atoms with Gasteiger partial charge in [0.15, 0.2) is 0 Å². The minimum absolute atomic E-state index is 0.353. The summed E-state index contributed by atoms with van der Waals surface area (Å²) in [5, 5.41) is 9.36. The zero-order chi connectivity index (χ0) is 13.3. The van der Waals surface area contributed by atoms with Crippen LogP contribution in [0, 0.1) is 13.8 Å². The van der Waals surface area contributed by atoms with Gasteiger partial charge in [-0.1, -0.05) is 33.8 Å². The topological polar surface area (TPSA) is 37.3 Å². The summed E-state index contributed by atoms with van der Waals surface area (Å²) < 4.78 is 0. The lowest BCUT2D eigenvalue weighted by Gasteiger charge is -2.20. The third-order valence-electron chi connectivity index (χ3n) is 3.38. The highest BCUT2D eigenvalue weighted by molar-refractivity contribution is 5.92. The lowest BCUT2D eigenvalue weighted by Crippen LogP contribution is -2.10. The van der Waals surface area contributed by atoms with Gasteiger partial charge in [-0.05, 0) is 47.9 Å². The average Bonchev–Trinajstić information content (AvgIpc) is 2.15. The maximum atomic E-state index is 11.4. The molecule has 2 nitrogen and oxygen atoms in total. The monoisotopic (exact) mass is 234 g/mol. The third kappa shape index (κ3) is 2.51. The molecule has 0 unspecified atom stereocenters. The minimum Gasteiger partial charge on any atom is -0.478 e. The number of benzene rings is 1. The number of carboxylic acids is 1. The Balaban J connectivity index is 3.63. The standard InChI is InChI=1S/C15H22O2/c1-8(2)12-7-13(9(3)4)11(6)14(10(12)5)15(16)17/h7-9H,1-6H3,(H,16,17). The number of hydrogen-bond donors (Lipinski definition) is 1. The molecule has 0 aliphatic carbocycles. The van der Waals surface area contributed by atoms with Gasteiger partial charge in [0.1, 0.15) is 0 Å². The highest BCUT2D eigenvalue weighted by atomic mass is 16.4. The van der Waals surface area contributed by atoms with Gasteiger partial charge in [-0.2, -0.15) is 0 Å².